The van der Waals surface area contributed by atoms with E-state index in [9.17, 15) is 9.90 Å². The Balaban J connectivity index is 2.29. The number of hydrogen-bond donors (Lipinski definition) is 2. The molecule has 0 aromatic carbocycles. The van der Waals surface area contributed by atoms with Gasteiger partial charge in [-0.05, 0) is 31.6 Å². The van der Waals surface area contributed by atoms with Crippen molar-refractivity contribution in [1.82, 2.24) is 10.2 Å². The number of morpholine rings is 1. The maximum Gasteiger partial charge on any atom is 0.317 e. The van der Waals surface area contributed by atoms with Crippen LogP contribution in [0, 0.1) is 5.41 Å². The monoisotopic (exact) mass is 286 g/mol. The first-order valence-corrected chi connectivity index (χ1v) is 7.59. The standard InChI is InChI=1S/C15H30N2O3/c1-5-15(4)11-17(9-10-20-15)13(19)16-8-6-7-14(2,3)12-18/h18H,5-12H2,1-4H3,(H,16,19)/t15-/m0/s1. The van der Waals surface area contributed by atoms with Gasteiger partial charge in [0.1, 0.15) is 0 Å². The van der Waals surface area contributed by atoms with Gasteiger partial charge in [-0.3, -0.25) is 0 Å². The Hall–Kier alpha value is -0.810. The summed E-state index contributed by atoms with van der Waals surface area (Å²) in [7, 11) is 0. The summed E-state index contributed by atoms with van der Waals surface area (Å²) in [5, 5.41) is 12.1. The molecule has 0 bridgehead atoms. The smallest absolute Gasteiger partial charge is 0.317 e. The normalized spacial score (nSPS) is 23.8. The van der Waals surface area contributed by atoms with E-state index in [-0.39, 0.29) is 23.7 Å². The van der Waals surface area contributed by atoms with Gasteiger partial charge in [0.15, 0.2) is 0 Å². The van der Waals surface area contributed by atoms with Crippen molar-refractivity contribution < 1.29 is 14.6 Å². The van der Waals surface area contributed by atoms with Gasteiger partial charge in [0.25, 0.3) is 0 Å². The molecule has 1 fully saturated rings. The average Bonchev–Trinajstić information content (AvgIpc) is 2.43. The number of nitrogens with one attached hydrogen (secondary N) is 1. The SMILES string of the molecule is CC[C@@]1(C)CN(C(=O)NCCCC(C)(C)CO)CCO1. The molecule has 1 aliphatic rings. The van der Waals surface area contributed by atoms with Crippen LogP contribution in [0.15, 0.2) is 0 Å². The maximum atomic E-state index is 12.1. The van der Waals surface area contributed by atoms with Crippen LogP contribution in [0.2, 0.25) is 0 Å². The number of carbonyl (C=O) groups excluding carboxylic acids is 1. The number of rotatable bonds is 6. The van der Waals surface area contributed by atoms with Crippen LogP contribution in [0.1, 0.15) is 47.0 Å². The lowest BCUT2D eigenvalue weighted by molar-refractivity contribution is -0.0872. The van der Waals surface area contributed by atoms with E-state index in [1.807, 2.05) is 18.7 Å². The first-order valence-electron chi connectivity index (χ1n) is 7.59. The Morgan fingerprint density at radius 3 is 2.80 bits per heavy atom. The lowest BCUT2D eigenvalue weighted by Crippen LogP contribution is -2.54. The molecule has 2 N–H and O–H groups in total. The summed E-state index contributed by atoms with van der Waals surface area (Å²) in [5.74, 6) is 0. The minimum atomic E-state index is -0.214. The molecule has 1 saturated heterocycles. The highest BCUT2D eigenvalue weighted by Gasteiger charge is 2.32. The number of hydrogen-bond acceptors (Lipinski definition) is 3. The van der Waals surface area contributed by atoms with Gasteiger partial charge in [0.2, 0.25) is 0 Å². The number of ether oxygens (including phenoxy) is 1. The maximum absolute atomic E-state index is 12.1. The van der Waals surface area contributed by atoms with Crippen molar-refractivity contribution in [3.8, 4) is 0 Å². The van der Waals surface area contributed by atoms with Crippen LogP contribution in [0.4, 0.5) is 4.79 Å². The van der Waals surface area contributed by atoms with Gasteiger partial charge >= 0.3 is 6.03 Å². The van der Waals surface area contributed by atoms with Gasteiger partial charge < -0.3 is 20.1 Å². The molecule has 0 spiro atoms. The van der Waals surface area contributed by atoms with Crippen LogP contribution in [0.25, 0.3) is 0 Å². The predicted octanol–water partition coefficient (Wildman–Crippen LogP) is 2.00. The molecule has 118 valence electrons. The topological polar surface area (TPSA) is 61.8 Å². The summed E-state index contributed by atoms with van der Waals surface area (Å²) in [5.41, 5.74) is -0.279. The molecular formula is C15H30N2O3. The van der Waals surface area contributed by atoms with Crippen molar-refractivity contribution in [3.05, 3.63) is 0 Å². The molecule has 5 nitrogen and oxygen atoms in total. The van der Waals surface area contributed by atoms with Gasteiger partial charge in [-0.1, -0.05) is 20.8 Å². The van der Waals surface area contributed by atoms with Crippen molar-refractivity contribution in [2.45, 2.75) is 52.6 Å². The summed E-state index contributed by atoms with van der Waals surface area (Å²) in [6.45, 7) is 10.9. The van der Waals surface area contributed by atoms with E-state index in [0.29, 0.717) is 26.2 Å². The van der Waals surface area contributed by atoms with E-state index in [1.54, 1.807) is 0 Å². The Morgan fingerprint density at radius 1 is 1.50 bits per heavy atom. The number of amides is 2. The minimum Gasteiger partial charge on any atom is -0.396 e. The molecule has 0 saturated carbocycles. The predicted molar refractivity (Wildman–Crippen MR) is 79.7 cm³/mol. The third kappa shape index (κ3) is 5.29. The molecule has 0 aromatic heterocycles. The van der Waals surface area contributed by atoms with Crippen molar-refractivity contribution in [1.29, 1.82) is 0 Å². The summed E-state index contributed by atoms with van der Waals surface area (Å²) in [6, 6.07) is -0.00483. The number of aliphatic hydroxyl groups excluding tert-OH is 1. The number of urea groups is 1. The molecule has 1 atom stereocenters. The quantitative estimate of drug-likeness (QED) is 0.734. The van der Waals surface area contributed by atoms with Crippen molar-refractivity contribution in [2.75, 3.05) is 32.8 Å². The molecule has 1 rings (SSSR count). The molecule has 0 unspecified atom stereocenters. The minimum absolute atomic E-state index is 0.00483. The fraction of sp³-hybridized carbons (Fsp3) is 0.933. The Labute approximate surface area is 122 Å². The third-order valence-electron chi connectivity index (χ3n) is 4.11. The molecule has 1 aliphatic heterocycles. The van der Waals surface area contributed by atoms with E-state index in [4.69, 9.17) is 4.74 Å². The van der Waals surface area contributed by atoms with E-state index in [1.165, 1.54) is 0 Å². The van der Waals surface area contributed by atoms with E-state index < -0.39 is 0 Å². The second-order valence-electron chi connectivity index (χ2n) is 6.73. The third-order valence-corrected chi connectivity index (χ3v) is 4.11. The van der Waals surface area contributed by atoms with Gasteiger partial charge in [-0.15, -0.1) is 0 Å². The lowest BCUT2D eigenvalue weighted by atomic mass is 9.89. The van der Waals surface area contributed by atoms with Gasteiger partial charge in [0.05, 0.1) is 18.8 Å². The first kappa shape index (κ1) is 17.2. The highest BCUT2D eigenvalue weighted by Crippen LogP contribution is 2.22. The van der Waals surface area contributed by atoms with Gasteiger partial charge in [-0.25, -0.2) is 4.79 Å². The van der Waals surface area contributed by atoms with Crippen LogP contribution in [0.5, 0.6) is 0 Å². The number of nitrogens with zero attached hydrogens (tertiary/aromatic N) is 1. The molecule has 0 radical (unpaired) electrons. The summed E-state index contributed by atoms with van der Waals surface area (Å²) in [6.07, 6.45) is 2.69. The fourth-order valence-corrected chi connectivity index (χ4v) is 2.27. The van der Waals surface area contributed by atoms with Crippen LogP contribution in [-0.2, 0) is 4.74 Å². The second-order valence-corrected chi connectivity index (χ2v) is 6.73. The molecule has 1 heterocycles. The van der Waals surface area contributed by atoms with Gasteiger partial charge in [0, 0.05) is 19.7 Å². The Bertz CT molecular complexity index is 320. The highest BCUT2D eigenvalue weighted by molar-refractivity contribution is 5.74. The molecule has 0 aromatic rings. The summed E-state index contributed by atoms with van der Waals surface area (Å²) in [4.78, 5) is 13.9. The zero-order valence-corrected chi connectivity index (χ0v) is 13.4. The van der Waals surface area contributed by atoms with E-state index in [0.717, 1.165) is 19.3 Å². The summed E-state index contributed by atoms with van der Waals surface area (Å²) < 4.78 is 5.73. The van der Waals surface area contributed by atoms with Gasteiger partial charge in [-0.2, -0.15) is 0 Å². The van der Waals surface area contributed by atoms with Crippen LogP contribution in [-0.4, -0.2) is 54.5 Å². The zero-order chi connectivity index (χ0) is 15.2. The zero-order valence-electron chi connectivity index (χ0n) is 13.4. The second kappa shape index (κ2) is 7.27. The van der Waals surface area contributed by atoms with E-state index >= 15 is 0 Å². The van der Waals surface area contributed by atoms with Crippen LogP contribution < -0.4 is 5.32 Å². The summed E-state index contributed by atoms with van der Waals surface area (Å²) >= 11 is 0. The number of aliphatic hydroxyl groups is 1. The Kier molecular flexibility index (Phi) is 6.27. The molecule has 0 aliphatic carbocycles. The highest BCUT2D eigenvalue weighted by atomic mass is 16.5. The fourth-order valence-electron chi connectivity index (χ4n) is 2.27. The Morgan fingerprint density at radius 2 is 2.20 bits per heavy atom. The molecule has 20 heavy (non-hydrogen) atoms. The van der Waals surface area contributed by atoms with Crippen molar-refractivity contribution in [2.24, 2.45) is 5.41 Å². The average molecular weight is 286 g/mol. The van der Waals surface area contributed by atoms with Crippen molar-refractivity contribution >= 4 is 6.03 Å². The first-order chi connectivity index (χ1) is 9.32. The largest absolute Gasteiger partial charge is 0.396 e. The molecule has 2 amide bonds. The van der Waals surface area contributed by atoms with Crippen LogP contribution in [0.3, 0.4) is 0 Å². The van der Waals surface area contributed by atoms with Crippen LogP contribution >= 0.6 is 0 Å². The molecule has 5 heteroatoms. The lowest BCUT2D eigenvalue weighted by Gasteiger charge is -2.40. The molecular weight excluding hydrogens is 256 g/mol. The number of carbonyl (C=O) groups is 1. The van der Waals surface area contributed by atoms with E-state index in [2.05, 4.69) is 19.2 Å². The van der Waals surface area contributed by atoms with Crippen molar-refractivity contribution in [3.63, 3.8) is 0 Å².